The molecule has 0 fully saturated rings. The third kappa shape index (κ3) is 4.23. The van der Waals surface area contributed by atoms with Crippen molar-refractivity contribution in [1.82, 2.24) is 4.98 Å². The smallest absolute Gasteiger partial charge is 0.336 e. The van der Waals surface area contributed by atoms with Gasteiger partial charge in [0.1, 0.15) is 11.3 Å². The zero-order valence-corrected chi connectivity index (χ0v) is 21.5. The number of nitrogens with zero attached hydrogens (tertiary/aromatic N) is 1. The number of hydrogen-bond acceptors (Lipinski definition) is 6. The molecule has 6 rings (SSSR count). The van der Waals surface area contributed by atoms with E-state index in [-0.39, 0.29) is 16.3 Å². The Labute approximate surface area is 227 Å². The molecule has 0 saturated carbocycles. The summed E-state index contributed by atoms with van der Waals surface area (Å²) in [7, 11) is 0. The fourth-order valence-electron chi connectivity index (χ4n) is 4.96. The van der Waals surface area contributed by atoms with E-state index >= 15 is 0 Å². The number of nitrogens with one attached hydrogen (secondary N) is 1. The van der Waals surface area contributed by atoms with Crippen molar-refractivity contribution in [3.05, 3.63) is 111 Å². The molecule has 3 aromatic carbocycles. The summed E-state index contributed by atoms with van der Waals surface area (Å²) in [6.45, 7) is 2.24. The Morgan fingerprint density at radius 3 is 2.67 bits per heavy atom. The minimum absolute atomic E-state index is 0.0159. The lowest BCUT2D eigenvalue weighted by Crippen LogP contribution is -2.08. The van der Waals surface area contributed by atoms with Crippen LogP contribution in [0.15, 0.2) is 88.1 Å². The number of hydrogen-bond donors (Lipinski definition) is 3. The fraction of sp³-hybridized carbons (Fsp3) is 0.0645. The zero-order chi connectivity index (χ0) is 27.3. The molecule has 1 aliphatic carbocycles. The zero-order valence-electron chi connectivity index (χ0n) is 20.8. The molecular weight excluding hydrogens is 514 g/mol. The number of nitrogens with two attached hydrogens (primary N) is 1. The van der Waals surface area contributed by atoms with E-state index in [1.807, 2.05) is 37.3 Å². The van der Waals surface area contributed by atoms with E-state index in [0.29, 0.717) is 45.5 Å². The lowest BCUT2D eigenvalue weighted by Gasteiger charge is -2.20. The highest BCUT2D eigenvalue weighted by Gasteiger charge is 2.24. The molecule has 0 radical (unpaired) electrons. The second-order valence-corrected chi connectivity index (χ2v) is 9.71. The maximum atomic E-state index is 12.5. The molecule has 0 atom stereocenters. The Hall–Kier alpha value is -4.88. The average Bonchev–Trinajstić information content (AvgIpc) is 2.92. The summed E-state index contributed by atoms with van der Waals surface area (Å²) in [5.41, 5.74) is 11.9. The van der Waals surface area contributed by atoms with E-state index in [4.69, 9.17) is 26.7 Å². The molecule has 0 spiro atoms. The van der Waals surface area contributed by atoms with Crippen molar-refractivity contribution in [2.75, 3.05) is 11.1 Å². The van der Waals surface area contributed by atoms with Crippen molar-refractivity contribution in [3.8, 4) is 22.5 Å². The van der Waals surface area contributed by atoms with Crippen molar-refractivity contribution in [3.63, 3.8) is 0 Å². The molecule has 192 valence electrons. The Bertz CT molecular complexity index is 1960. The van der Waals surface area contributed by atoms with E-state index in [1.54, 1.807) is 36.4 Å². The van der Waals surface area contributed by atoms with Crippen LogP contribution in [0.4, 0.5) is 11.4 Å². The number of aromatic nitrogens is 1. The number of aromatic carboxylic acids is 1. The summed E-state index contributed by atoms with van der Waals surface area (Å²) in [6, 6.07) is 23.0. The minimum atomic E-state index is -1.07. The Morgan fingerprint density at radius 2 is 1.85 bits per heavy atom. The number of carboxylic acids is 1. The summed E-state index contributed by atoms with van der Waals surface area (Å²) in [4.78, 5) is 29.3. The quantitative estimate of drug-likeness (QED) is 0.161. The van der Waals surface area contributed by atoms with Gasteiger partial charge >= 0.3 is 5.97 Å². The number of aryl methyl sites for hydroxylation is 1. The van der Waals surface area contributed by atoms with Crippen LogP contribution in [0.2, 0.25) is 5.02 Å². The summed E-state index contributed by atoms with van der Waals surface area (Å²) >= 11 is 6.23. The van der Waals surface area contributed by atoms with Gasteiger partial charge in [-0.1, -0.05) is 48.0 Å². The molecule has 1 aromatic heterocycles. The van der Waals surface area contributed by atoms with Gasteiger partial charge < -0.3 is 20.6 Å². The van der Waals surface area contributed by atoms with Crippen molar-refractivity contribution >= 4 is 50.8 Å². The minimum Gasteiger partial charge on any atom is -0.478 e. The highest BCUT2D eigenvalue weighted by Crippen LogP contribution is 2.43. The van der Waals surface area contributed by atoms with E-state index in [1.165, 1.54) is 12.1 Å². The molecular formula is C31H22ClN3O4. The number of fused-ring (bicyclic) bond motifs is 3. The second-order valence-electron chi connectivity index (χ2n) is 9.30. The average molecular weight is 536 g/mol. The maximum absolute atomic E-state index is 12.5. The van der Waals surface area contributed by atoms with Crippen LogP contribution >= 0.6 is 11.6 Å². The topological polar surface area (TPSA) is 118 Å². The molecule has 39 heavy (non-hydrogen) atoms. The number of pyridine rings is 1. The standard InChI is InChI=1S/C31H22ClN3O4/c1-16-9-10-17-5-4-8-25(29(17)35-16)34-15-22-24(33)12-11-20-28(18-6-2-3-7-19(18)31(37)38)21-13-23(32)26(36)14-27(21)39-30(20)22/h2-14,34H,15,33H2,1H3,(H,37,38). The molecule has 2 heterocycles. The fourth-order valence-corrected chi connectivity index (χ4v) is 5.12. The van der Waals surface area contributed by atoms with Gasteiger partial charge in [-0.15, -0.1) is 0 Å². The molecule has 0 amide bonds. The molecule has 0 saturated heterocycles. The predicted octanol–water partition coefficient (Wildman–Crippen LogP) is 6.97. The monoisotopic (exact) mass is 535 g/mol. The number of carboxylic acid groups (broad SMARTS) is 1. The Morgan fingerprint density at radius 1 is 1.03 bits per heavy atom. The van der Waals surface area contributed by atoms with Crippen LogP contribution in [-0.2, 0) is 6.54 Å². The number of nitrogen functional groups attached to an aromatic ring is 1. The molecule has 0 unspecified atom stereocenters. The number of anilines is 2. The van der Waals surface area contributed by atoms with Crippen LogP contribution in [0.25, 0.3) is 44.3 Å². The summed E-state index contributed by atoms with van der Waals surface area (Å²) in [5, 5.41) is 15.0. The lowest BCUT2D eigenvalue weighted by atomic mass is 9.90. The number of para-hydroxylation sites is 1. The number of rotatable bonds is 5. The molecule has 4 N–H and O–H groups in total. The molecule has 2 aliphatic rings. The Balaban J connectivity index is 1.60. The van der Waals surface area contributed by atoms with Gasteiger partial charge in [0.15, 0.2) is 0 Å². The van der Waals surface area contributed by atoms with E-state index in [2.05, 4.69) is 5.32 Å². The number of halogens is 1. The highest BCUT2D eigenvalue weighted by molar-refractivity contribution is 6.31. The molecule has 7 nitrogen and oxygen atoms in total. The lowest BCUT2D eigenvalue weighted by molar-refractivity contribution is 0.0697. The first kappa shape index (κ1) is 24.5. The summed E-state index contributed by atoms with van der Waals surface area (Å²) in [6.07, 6.45) is 0. The first-order chi connectivity index (χ1) is 18.8. The van der Waals surface area contributed by atoms with Crippen LogP contribution in [0.5, 0.6) is 0 Å². The number of carbonyl (C=O) groups is 1. The van der Waals surface area contributed by atoms with E-state index in [0.717, 1.165) is 22.3 Å². The van der Waals surface area contributed by atoms with Crippen molar-refractivity contribution < 1.29 is 14.3 Å². The van der Waals surface area contributed by atoms with Crippen LogP contribution < -0.4 is 16.5 Å². The number of benzene rings is 4. The van der Waals surface area contributed by atoms with Crippen molar-refractivity contribution in [1.29, 1.82) is 0 Å². The second kappa shape index (κ2) is 9.45. The highest BCUT2D eigenvalue weighted by atomic mass is 35.5. The van der Waals surface area contributed by atoms with Gasteiger partial charge in [-0.3, -0.25) is 9.78 Å². The van der Waals surface area contributed by atoms with Gasteiger partial charge in [0.05, 0.1) is 21.8 Å². The van der Waals surface area contributed by atoms with E-state index < -0.39 is 11.4 Å². The molecule has 0 bridgehead atoms. The molecule has 4 aromatic rings. The van der Waals surface area contributed by atoms with Crippen molar-refractivity contribution in [2.45, 2.75) is 13.5 Å². The van der Waals surface area contributed by atoms with Crippen LogP contribution in [0, 0.1) is 6.92 Å². The van der Waals surface area contributed by atoms with Crippen LogP contribution in [0.1, 0.15) is 21.6 Å². The van der Waals surface area contributed by atoms with Gasteiger partial charge in [-0.05, 0) is 48.9 Å². The third-order valence-electron chi connectivity index (χ3n) is 6.82. The largest absolute Gasteiger partial charge is 0.478 e. The third-order valence-corrected chi connectivity index (χ3v) is 7.12. The first-order valence-corrected chi connectivity index (χ1v) is 12.6. The molecule has 1 aliphatic heterocycles. The normalized spacial score (nSPS) is 11.3. The van der Waals surface area contributed by atoms with Gasteiger partial charge in [0.2, 0.25) is 5.43 Å². The van der Waals surface area contributed by atoms with Gasteiger partial charge in [-0.25, -0.2) is 4.79 Å². The van der Waals surface area contributed by atoms with Gasteiger partial charge in [0, 0.05) is 51.5 Å². The van der Waals surface area contributed by atoms with Crippen LogP contribution in [0.3, 0.4) is 0 Å². The SMILES string of the molecule is Cc1ccc2cccc(NCc3c(N)ccc4c(-c5ccccc5C(=O)O)c5cc(Cl)c(=O)cc-5oc34)c2n1. The van der Waals surface area contributed by atoms with Crippen LogP contribution in [-0.4, -0.2) is 16.1 Å². The summed E-state index contributed by atoms with van der Waals surface area (Å²) < 4.78 is 6.31. The summed E-state index contributed by atoms with van der Waals surface area (Å²) in [5.74, 6) is -0.795. The molecule has 8 heteroatoms. The maximum Gasteiger partial charge on any atom is 0.336 e. The van der Waals surface area contributed by atoms with Gasteiger partial charge in [0.25, 0.3) is 0 Å². The van der Waals surface area contributed by atoms with Crippen molar-refractivity contribution in [2.24, 2.45) is 0 Å². The van der Waals surface area contributed by atoms with Gasteiger partial charge in [-0.2, -0.15) is 0 Å². The van der Waals surface area contributed by atoms with E-state index in [9.17, 15) is 14.7 Å². The first-order valence-electron chi connectivity index (χ1n) is 12.2. The predicted molar refractivity (Wildman–Crippen MR) is 155 cm³/mol. The Kier molecular flexibility index (Phi) is 5.93.